The lowest BCUT2D eigenvalue weighted by Crippen LogP contribution is -2.34. The summed E-state index contributed by atoms with van der Waals surface area (Å²) in [6.07, 6.45) is -4.07. The van der Waals surface area contributed by atoms with Gasteiger partial charge in [-0.1, -0.05) is 31.2 Å². The van der Waals surface area contributed by atoms with Crippen LogP contribution in [0.1, 0.15) is 18.1 Å². The maximum Gasteiger partial charge on any atom is 0.417 e. The number of sulfonamides is 1. The molecule has 0 aliphatic carbocycles. The SMILES string of the molecule is CCc1cccc(NC(=O)CNS(=O)(=O)c2ccccc2C(F)(F)F)c1. The second kappa shape index (κ2) is 7.88. The molecule has 2 rings (SSSR count). The monoisotopic (exact) mass is 386 g/mol. The third kappa shape index (κ3) is 5.06. The van der Waals surface area contributed by atoms with Crippen molar-refractivity contribution in [3.8, 4) is 0 Å². The highest BCUT2D eigenvalue weighted by molar-refractivity contribution is 7.89. The zero-order valence-electron chi connectivity index (χ0n) is 13.8. The van der Waals surface area contributed by atoms with Crippen molar-refractivity contribution in [1.82, 2.24) is 4.72 Å². The van der Waals surface area contributed by atoms with Gasteiger partial charge in [-0.25, -0.2) is 13.1 Å². The van der Waals surface area contributed by atoms with Crippen molar-refractivity contribution in [1.29, 1.82) is 0 Å². The molecule has 0 saturated heterocycles. The molecule has 0 aliphatic rings. The molecule has 140 valence electrons. The number of rotatable bonds is 6. The normalized spacial score (nSPS) is 12.0. The van der Waals surface area contributed by atoms with Crippen molar-refractivity contribution < 1.29 is 26.4 Å². The van der Waals surface area contributed by atoms with E-state index in [4.69, 9.17) is 0 Å². The largest absolute Gasteiger partial charge is 0.417 e. The Morgan fingerprint density at radius 3 is 2.42 bits per heavy atom. The molecule has 1 amide bonds. The molecular weight excluding hydrogens is 369 g/mol. The second-order valence-corrected chi connectivity index (χ2v) is 7.16. The highest BCUT2D eigenvalue weighted by atomic mass is 32.2. The molecular formula is C17H17F3N2O3S. The fourth-order valence-corrected chi connectivity index (χ4v) is 3.46. The molecule has 9 heteroatoms. The smallest absolute Gasteiger partial charge is 0.325 e. The number of hydrogen-bond donors (Lipinski definition) is 2. The topological polar surface area (TPSA) is 75.3 Å². The summed E-state index contributed by atoms with van der Waals surface area (Å²) in [5.41, 5.74) is 0.162. The Morgan fingerprint density at radius 2 is 1.77 bits per heavy atom. The number of alkyl halides is 3. The van der Waals surface area contributed by atoms with E-state index in [1.54, 1.807) is 18.2 Å². The summed E-state index contributed by atoms with van der Waals surface area (Å²) in [6.45, 7) is 1.25. The second-order valence-electron chi connectivity index (χ2n) is 5.42. The van der Waals surface area contributed by atoms with Crippen LogP contribution >= 0.6 is 0 Å². The zero-order chi connectivity index (χ0) is 19.4. The number of halogens is 3. The molecule has 0 aliphatic heterocycles. The molecule has 0 fully saturated rings. The molecule has 2 N–H and O–H groups in total. The Kier molecular flexibility index (Phi) is 6.04. The summed E-state index contributed by atoms with van der Waals surface area (Å²) in [4.78, 5) is 11.0. The van der Waals surface area contributed by atoms with Gasteiger partial charge in [0.2, 0.25) is 15.9 Å². The maximum atomic E-state index is 13.0. The molecule has 0 atom stereocenters. The van der Waals surface area contributed by atoms with Gasteiger partial charge in [-0.2, -0.15) is 13.2 Å². The summed E-state index contributed by atoms with van der Waals surface area (Å²) in [7, 11) is -4.51. The van der Waals surface area contributed by atoms with Gasteiger partial charge >= 0.3 is 6.18 Å². The van der Waals surface area contributed by atoms with Crippen LogP contribution in [0.4, 0.5) is 18.9 Å². The number of amides is 1. The van der Waals surface area contributed by atoms with Gasteiger partial charge in [0.1, 0.15) is 0 Å². The van der Waals surface area contributed by atoms with Crippen LogP contribution in [0, 0.1) is 0 Å². The first-order valence-electron chi connectivity index (χ1n) is 7.68. The molecule has 0 aromatic heterocycles. The number of anilines is 1. The third-order valence-corrected chi connectivity index (χ3v) is 4.98. The average molecular weight is 386 g/mol. The van der Waals surface area contributed by atoms with Gasteiger partial charge < -0.3 is 5.32 Å². The van der Waals surface area contributed by atoms with Crippen LogP contribution in [0.2, 0.25) is 0 Å². The number of hydrogen-bond acceptors (Lipinski definition) is 3. The van der Waals surface area contributed by atoms with E-state index in [1.165, 1.54) is 6.07 Å². The van der Waals surface area contributed by atoms with E-state index >= 15 is 0 Å². The summed E-state index contributed by atoms with van der Waals surface area (Å²) in [5, 5.41) is 2.50. The Hall–Kier alpha value is -2.39. The van der Waals surface area contributed by atoms with E-state index in [2.05, 4.69) is 5.32 Å². The first-order valence-corrected chi connectivity index (χ1v) is 9.16. The standard InChI is InChI=1S/C17H17F3N2O3S/c1-2-12-6-5-7-13(10-12)22-16(23)11-21-26(24,25)15-9-4-3-8-14(15)17(18,19)20/h3-10,21H,2,11H2,1H3,(H,22,23). The minimum absolute atomic E-state index is 0.476. The number of carbonyl (C=O) groups excluding carboxylic acids is 1. The van der Waals surface area contributed by atoms with Gasteiger partial charge in [-0.15, -0.1) is 0 Å². The molecule has 0 unspecified atom stereocenters. The molecule has 26 heavy (non-hydrogen) atoms. The lowest BCUT2D eigenvalue weighted by Gasteiger charge is -2.13. The van der Waals surface area contributed by atoms with Crippen LogP contribution < -0.4 is 10.0 Å². The maximum absolute atomic E-state index is 13.0. The van der Waals surface area contributed by atoms with Crippen LogP contribution in [-0.2, 0) is 27.4 Å². The molecule has 0 heterocycles. The molecule has 0 radical (unpaired) electrons. The highest BCUT2D eigenvalue weighted by Crippen LogP contribution is 2.33. The van der Waals surface area contributed by atoms with Crippen molar-refractivity contribution in [3.63, 3.8) is 0 Å². The van der Waals surface area contributed by atoms with Gasteiger partial charge in [0, 0.05) is 5.69 Å². The van der Waals surface area contributed by atoms with E-state index in [1.807, 2.05) is 17.7 Å². The van der Waals surface area contributed by atoms with Crippen molar-refractivity contribution in [2.45, 2.75) is 24.4 Å². The van der Waals surface area contributed by atoms with Crippen LogP contribution in [0.25, 0.3) is 0 Å². The van der Waals surface area contributed by atoms with Crippen molar-refractivity contribution in [2.24, 2.45) is 0 Å². The predicted octanol–water partition coefficient (Wildman–Crippen LogP) is 3.18. The van der Waals surface area contributed by atoms with Crippen LogP contribution in [0.3, 0.4) is 0 Å². The Bertz CT molecular complexity index is 896. The minimum atomic E-state index is -4.83. The summed E-state index contributed by atoms with van der Waals surface area (Å²) < 4.78 is 65.1. The van der Waals surface area contributed by atoms with E-state index in [0.717, 1.165) is 24.1 Å². The molecule has 5 nitrogen and oxygen atoms in total. The molecule has 0 bridgehead atoms. The molecule has 2 aromatic rings. The lowest BCUT2D eigenvalue weighted by atomic mass is 10.1. The molecule has 2 aromatic carbocycles. The average Bonchev–Trinajstić information content (AvgIpc) is 2.59. The quantitative estimate of drug-likeness (QED) is 0.801. The lowest BCUT2D eigenvalue weighted by molar-refractivity contribution is -0.139. The van der Waals surface area contributed by atoms with Gasteiger partial charge in [-0.3, -0.25) is 4.79 Å². The van der Waals surface area contributed by atoms with Crippen molar-refractivity contribution in [2.75, 3.05) is 11.9 Å². The minimum Gasteiger partial charge on any atom is -0.325 e. The first-order chi connectivity index (χ1) is 12.1. The Labute approximate surface area is 149 Å². The summed E-state index contributed by atoms with van der Waals surface area (Å²) >= 11 is 0. The van der Waals surface area contributed by atoms with E-state index in [9.17, 15) is 26.4 Å². The van der Waals surface area contributed by atoms with Gasteiger partial charge in [-0.05, 0) is 36.2 Å². The third-order valence-electron chi connectivity index (χ3n) is 3.52. The van der Waals surface area contributed by atoms with Crippen LogP contribution in [-0.4, -0.2) is 20.9 Å². The fourth-order valence-electron chi connectivity index (χ4n) is 2.25. The number of benzene rings is 2. The van der Waals surface area contributed by atoms with Crippen LogP contribution in [0.5, 0.6) is 0 Å². The van der Waals surface area contributed by atoms with Crippen molar-refractivity contribution in [3.05, 3.63) is 59.7 Å². The van der Waals surface area contributed by atoms with Crippen LogP contribution in [0.15, 0.2) is 53.4 Å². The van der Waals surface area contributed by atoms with Gasteiger partial charge in [0.25, 0.3) is 0 Å². The molecule has 0 spiro atoms. The number of carbonyl (C=O) groups is 1. The first kappa shape index (κ1) is 19.9. The molecule has 0 saturated carbocycles. The fraction of sp³-hybridized carbons (Fsp3) is 0.235. The highest BCUT2D eigenvalue weighted by Gasteiger charge is 2.36. The number of aryl methyl sites for hydroxylation is 1. The van der Waals surface area contributed by atoms with E-state index in [0.29, 0.717) is 11.8 Å². The number of nitrogens with one attached hydrogen (secondary N) is 2. The Morgan fingerprint density at radius 1 is 1.08 bits per heavy atom. The van der Waals surface area contributed by atoms with Crippen molar-refractivity contribution >= 4 is 21.6 Å². The Balaban J connectivity index is 2.10. The van der Waals surface area contributed by atoms with E-state index < -0.39 is 39.1 Å². The van der Waals surface area contributed by atoms with Gasteiger partial charge in [0.15, 0.2) is 0 Å². The van der Waals surface area contributed by atoms with Gasteiger partial charge in [0.05, 0.1) is 17.0 Å². The zero-order valence-corrected chi connectivity index (χ0v) is 14.6. The summed E-state index contributed by atoms with van der Waals surface area (Å²) in [6, 6.07) is 10.7. The summed E-state index contributed by atoms with van der Waals surface area (Å²) in [5.74, 6) is -0.689. The predicted molar refractivity (Wildman–Crippen MR) is 91.1 cm³/mol. The van der Waals surface area contributed by atoms with E-state index in [-0.39, 0.29) is 0 Å².